The molecule has 3 rings (SSSR count). The molecule has 7 heteroatoms. The Morgan fingerprint density at radius 2 is 2.08 bits per heavy atom. The molecule has 132 valence electrons. The fourth-order valence-electron chi connectivity index (χ4n) is 2.54. The first kappa shape index (κ1) is 17.2. The smallest absolute Gasteiger partial charge is 0.411 e. The molecule has 0 radical (unpaired) electrons. The molecule has 0 fully saturated rings. The average Bonchev–Trinajstić information content (AvgIpc) is 3.02. The normalized spacial score (nSPS) is 11.3. The molecule has 0 spiro atoms. The first-order valence-corrected chi connectivity index (χ1v) is 7.99. The molecule has 26 heavy (non-hydrogen) atoms. The summed E-state index contributed by atoms with van der Waals surface area (Å²) in [4.78, 5) is 30.5. The first-order valence-electron chi connectivity index (χ1n) is 7.99. The highest BCUT2D eigenvalue weighted by atomic mass is 16.5. The van der Waals surface area contributed by atoms with Gasteiger partial charge in [0, 0.05) is 17.1 Å². The molecule has 2 aromatic heterocycles. The molecule has 0 unspecified atom stereocenters. The summed E-state index contributed by atoms with van der Waals surface area (Å²) in [6.45, 7) is 1.98. The van der Waals surface area contributed by atoms with Crippen LogP contribution in [0.3, 0.4) is 0 Å². The molecule has 0 bridgehead atoms. The molecule has 1 amide bonds. The van der Waals surface area contributed by atoms with Gasteiger partial charge >= 0.3 is 12.1 Å². The summed E-state index contributed by atoms with van der Waals surface area (Å²) < 4.78 is 4.85. The number of carbonyl (C=O) groups is 2. The van der Waals surface area contributed by atoms with E-state index in [9.17, 15) is 14.7 Å². The number of amides is 1. The number of pyridine rings is 1. The Morgan fingerprint density at radius 3 is 2.77 bits per heavy atom. The molecule has 2 heterocycles. The molecule has 3 aromatic rings. The lowest BCUT2D eigenvalue weighted by molar-refractivity contribution is -0.130. The van der Waals surface area contributed by atoms with Crippen LogP contribution in [0.25, 0.3) is 22.7 Å². The number of aromatic amines is 1. The van der Waals surface area contributed by atoms with E-state index in [-0.39, 0.29) is 12.2 Å². The maximum atomic E-state index is 11.7. The van der Waals surface area contributed by atoms with Crippen LogP contribution in [0.15, 0.2) is 48.8 Å². The van der Waals surface area contributed by atoms with Gasteiger partial charge in [-0.1, -0.05) is 30.3 Å². The largest absolute Gasteiger partial charge is 0.478 e. The van der Waals surface area contributed by atoms with Crippen molar-refractivity contribution in [3.8, 4) is 0 Å². The summed E-state index contributed by atoms with van der Waals surface area (Å²) >= 11 is 0. The van der Waals surface area contributed by atoms with Gasteiger partial charge in [-0.2, -0.15) is 0 Å². The summed E-state index contributed by atoms with van der Waals surface area (Å²) in [7, 11) is 0. The molecule has 0 aliphatic heterocycles. The number of hydrogen-bond acceptors (Lipinski definition) is 4. The van der Waals surface area contributed by atoms with Crippen LogP contribution < -0.4 is 5.32 Å². The van der Waals surface area contributed by atoms with Crippen molar-refractivity contribution >= 4 is 40.4 Å². The molecule has 0 aliphatic carbocycles. The quantitative estimate of drug-likeness (QED) is 0.607. The minimum Gasteiger partial charge on any atom is -0.478 e. The fourth-order valence-corrected chi connectivity index (χ4v) is 2.54. The molecular weight excluding hydrogens is 334 g/mol. The Balaban J connectivity index is 2.01. The Labute approximate surface area is 149 Å². The number of anilines is 1. The number of carboxylic acids is 1. The van der Waals surface area contributed by atoms with Crippen LogP contribution >= 0.6 is 0 Å². The van der Waals surface area contributed by atoms with Gasteiger partial charge in [0.1, 0.15) is 5.65 Å². The van der Waals surface area contributed by atoms with Gasteiger partial charge in [-0.25, -0.2) is 14.6 Å². The Morgan fingerprint density at radius 1 is 1.31 bits per heavy atom. The van der Waals surface area contributed by atoms with Crippen molar-refractivity contribution in [3.05, 3.63) is 59.9 Å². The van der Waals surface area contributed by atoms with Crippen LogP contribution in [-0.2, 0) is 9.53 Å². The number of carboxylic acid groups (broad SMARTS) is 1. The van der Waals surface area contributed by atoms with Gasteiger partial charge in [-0.3, -0.25) is 5.32 Å². The van der Waals surface area contributed by atoms with E-state index in [1.165, 1.54) is 6.20 Å². The second kappa shape index (κ2) is 7.52. The number of carbonyl (C=O) groups excluding carboxylic acids is 1. The van der Waals surface area contributed by atoms with Gasteiger partial charge in [0.25, 0.3) is 0 Å². The van der Waals surface area contributed by atoms with Crippen molar-refractivity contribution in [3.63, 3.8) is 0 Å². The van der Waals surface area contributed by atoms with Crippen molar-refractivity contribution in [2.24, 2.45) is 0 Å². The Kier molecular flexibility index (Phi) is 4.98. The van der Waals surface area contributed by atoms with E-state index in [2.05, 4.69) is 15.3 Å². The van der Waals surface area contributed by atoms with Gasteiger partial charge in [0.15, 0.2) is 0 Å². The number of hydrogen-bond donors (Lipinski definition) is 3. The number of H-pyrrole nitrogens is 1. The maximum absolute atomic E-state index is 11.7. The second-order valence-corrected chi connectivity index (χ2v) is 5.44. The first-order chi connectivity index (χ1) is 12.6. The molecule has 0 saturated carbocycles. The Bertz CT molecular complexity index is 977. The van der Waals surface area contributed by atoms with Gasteiger partial charge in [-0.05, 0) is 24.6 Å². The summed E-state index contributed by atoms with van der Waals surface area (Å²) in [5.41, 5.74) is 2.46. The molecule has 0 atom stereocenters. The van der Waals surface area contributed by atoms with Crippen molar-refractivity contribution in [2.45, 2.75) is 6.92 Å². The minimum absolute atomic E-state index is 0.162. The van der Waals surface area contributed by atoms with E-state index in [0.29, 0.717) is 27.8 Å². The lowest BCUT2D eigenvalue weighted by Crippen LogP contribution is -2.13. The van der Waals surface area contributed by atoms with Gasteiger partial charge < -0.3 is 14.8 Å². The summed E-state index contributed by atoms with van der Waals surface area (Å²) in [5.74, 6) is -1.03. The zero-order valence-electron chi connectivity index (χ0n) is 14.0. The summed E-state index contributed by atoms with van der Waals surface area (Å²) in [6.07, 6.45) is 4.18. The van der Waals surface area contributed by atoms with E-state index in [0.717, 1.165) is 0 Å². The predicted molar refractivity (Wildman–Crippen MR) is 98.7 cm³/mol. The van der Waals surface area contributed by atoms with Crippen LogP contribution in [0.4, 0.5) is 10.5 Å². The van der Waals surface area contributed by atoms with Crippen molar-refractivity contribution in [1.82, 2.24) is 9.97 Å². The van der Waals surface area contributed by atoms with E-state index >= 15 is 0 Å². The average molecular weight is 351 g/mol. The number of ether oxygens (including phenoxy) is 1. The van der Waals surface area contributed by atoms with Crippen LogP contribution in [-0.4, -0.2) is 33.7 Å². The zero-order valence-corrected chi connectivity index (χ0v) is 14.0. The lowest BCUT2D eigenvalue weighted by atomic mass is 10.0. The molecule has 3 N–H and O–H groups in total. The summed E-state index contributed by atoms with van der Waals surface area (Å²) in [6, 6.07) is 10.6. The second-order valence-electron chi connectivity index (χ2n) is 5.44. The monoisotopic (exact) mass is 351 g/mol. The van der Waals surface area contributed by atoms with Crippen LogP contribution in [0.1, 0.15) is 18.1 Å². The molecular formula is C19H17N3O4. The van der Waals surface area contributed by atoms with Crippen LogP contribution in [0.5, 0.6) is 0 Å². The number of aromatic nitrogens is 2. The van der Waals surface area contributed by atoms with Gasteiger partial charge in [0.05, 0.1) is 24.1 Å². The number of benzene rings is 1. The molecule has 7 nitrogen and oxygen atoms in total. The fraction of sp³-hybridized carbons (Fsp3) is 0.105. The molecule has 0 aliphatic rings. The third kappa shape index (κ3) is 3.72. The van der Waals surface area contributed by atoms with Crippen LogP contribution in [0.2, 0.25) is 0 Å². The van der Waals surface area contributed by atoms with Crippen molar-refractivity contribution < 1.29 is 19.4 Å². The maximum Gasteiger partial charge on any atom is 0.411 e. The van der Waals surface area contributed by atoms with Crippen molar-refractivity contribution in [1.29, 1.82) is 0 Å². The topological polar surface area (TPSA) is 104 Å². The lowest BCUT2D eigenvalue weighted by Gasteiger charge is -2.05. The number of nitrogens with one attached hydrogen (secondary N) is 2. The number of aliphatic carboxylic acids is 1. The number of nitrogens with zero attached hydrogens (tertiary/aromatic N) is 1. The minimum atomic E-state index is -1.03. The zero-order chi connectivity index (χ0) is 18.5. The highest BCUT2D eigenvalue weighted by molar-refractivity contribution is 6.21. The number of fused-ring (bicyclic) bond motifs is 1. The molecule has 1 aromatic carbocycles. The highest BCUT2D eigenvalue weighted by Crippen LogP contribution is 2.25. The van der Waals surface area contributed by atoms with Gasteiger partial charge in [-0.15, -0.1) is 0 Å². The highest BCUT2D eigenvalue weighted by Gasteiger charge is 2.13. The standard InChI is InChI=1S/C19H17N3O4/c1-2-26-19(25)22-14-9-15-13(10-20-17(15)21-11-14)8-16(18(23)24)12-6-4-3-5-7-12/h3-11H,2H2,1H3,(H,20,21)(H,22,25)(H,23,24). The Hall–Kier alpha value is -3.61. The van der Waals surface area contributed by atoms with Gasteiger partial charge in [0.2, 0.25) is 0 Å². The van der Waals surface area contributed by atoms with Crippen molar-refractivity contribution in [2.75, 3.05) is 11.9 Å². The predicted octanol–water partition coefficient (Wildman–Crippen LogP) is 3.76. The van der Waals surface area contributed by atoms with E-state index in [1.54, 1.807) is 49.5 Å². The third-order valence-corrected chi connectivity index (χ3v) is 3.70. The van der Waals surface area contributed by atoms with E-state index in [1.807, 2.05) is 6.07 Å². The van der Waals surface area contributed by atoms with Crippen LogP contribution in [0, 0.1) is 0 Å². The SMILES string of the molecule is CCOC(=O)Nc1cnc2[nH]cc(C=C(C(=O)O)c3ccccc3)c2c1. The van der Waals surface area contributed by atoms with E-state index < -0.39 is 12.1 Å². The summed E-state index contributed by atoms with van der Waals surface area (Å²) in [5, 5.41) is 12.8. The third-order valence-electron chi connectivity index (χ3n) is 3.70. The molecule has 0 saturated heterocycles. The van der Waals surface area contributed by atoms with E-state index in [4.69, 9.17) is 4.74 Å². The number of rotatable bonds is 5.